The van der Waals surface area contributed by atoms with Crippen LogP contribution < -0.4 is 5.32 Å². The Labute approximate surface area is 102 Å². The summed E-state index contributed by atoms with van der Waals surface area (Å²) in [5, 5.41) is 4.78. The Hall–Kier alpha value is -1.32. The number of aromatic nitrogens is 1. The number of hydrogen-bond acceptors (Lipinski definition) is 2. The van der Waals surface area contributed by atoms with Crippen LogP contribution >= 0.6 is 0 Å². The van der Waals surface area contributed by atoms with Gasteiger partial charge in [-0.1, -0.05) is 19.1 Å². The summed E-state index contributed by atoms with van der Waals surface area (Å²) in [5.74, 6) is 0.547. The van der Waals surface area contributed by atoms with Crippen LogP contribution in [0.5, 0.6) is 0 Å². The maximum Gasteiger partial charge on any atom is 0.0499 e. The number of hydrogen-bond donors (Lipinski definition) is 2. The van der Waals surface area contributed by atoms with Crippen LogP contribution in [-0.2, 0) is 11.3 Å². The molecule has 17 heavy (non-hydrogen) atoms. The van der Waals surface area contributed by atoms with E-state index in [1.807, 2.05) is 6.20 Å². The molecule has 3 heteroatoms. The number of ether oxygens (including phenoxy) is 1. The van der Waals surface area contributed by atoms with Crippen molar-refractivity contribution in [2.75, 3.05) is 20.3 Å². The molecule has 0 amide bonds. The van der Waals surface area contributed by atoms with Gasteiger partial charge in [0.15, 0.2) is 0 Å². The second-order valence-electron chi connectivity index (χ2n) is 4.55. The molecule has 0 radical (unpaired) electrons. The molecular weight excluding hydrogens is 212 g/mol. The average Bonchev–Trinajstić information content (AvgIpc) is 2.78. The first-order valence-electron chi connectivity index (χ1n) is 6.06. The SMILES string of the molecule is COCC(C)CNCc1cccc2[nH]ccc12. The van der Waals surface area contributed by atoms with E-state index in [2.05, 4.69) is 41.5 Å². The van der Waals surface area contributed by atoms with Crippen molar-refractivity contribution >= 4 is 10.9 Å². The highest BCUT2D eigenvalue weighted by Crippen LogP contribution is 2.16. The minimum absolute atomic E-state index is 0.547. The van der Waals surface area contributed by atoms with Crippen LogP contribution in [0.25, 0.3) is 10.9 Å². The molecule has 0 aliphatic carbocycles. The minimum Gasteiger partial charge on any atom is -0.384 e. The van der Waals surface area contributed by atoms with E-state index < -0.39 is 0 Å². The Morgan fingerprint density at radius 3 is 3.06 bits per heavy atom. The molecule has 0 spiro atoms. The van der Waals surface area contributed by atoms with Crippen molar-refractivity contribution in [1.29, 1.82) is 0 Å². The number of fused-ring (bicyclic) bond motifs is 1. The first kappa shape index (κ1) is 12.1. The van der Waals surface area contributed by atoms with Gasteiger partial charge in [-0.05, 0) is 23.6 Å². The summed E-state index contributed by atoms with van der Waals surface area (Å²) in [6.45, 7) is 4.88. The highest BCUT2D eigenvalue weighted by molar-refractivity contribution is 5.82. The molecule has 1 heterocycles. The van der Waals surface area contributed by atoms with Gasteiger partial charge in [-0.3, -0.25) is 0 Å². The molecular formula is C14H20N2O. The molecule has 3 nitrogen and oxygen atoms in total. The Balaban J connectivity index is 1.92. The Kier molecular flexibility index (Phi) is 4.18. The van der Waals surface area contributed by atoms with Crippen LogP contribution in [0.3, 0.4) is 0 Å². The second-order valence-corrected chi connectivity index (χ2v) is 4.55. The van der Waals surface area contributed by atoms with E-state index in [0.29, 0.717) is 5.92 Å². The molecule has 0 fully saturated rings. The van der Waals surface area contributed by atoms with Crippen molar-refractivity contribution in [3.05, 3.63) is 36.0 Å². The lowest BCUT2D eigenvalue weighted by atomic mass is 10.1. The second kappa shape index (κ2) is 5.84. The van der Waals surface area contributed by atoms with Crippen molar-refractivity contribution in [1.82, 2.24) is 10.3 Å². The maximum atomic E-state index is 5.12. The zero-order chi connectivity index (χ0) is 12.1. The third-order valence-electron chi connectivity index (χ3n) is 2.94. The van der Waals surface area contributed by atoms with Crippen molar-refractivity contribution in [2.24, 2.45) is 5.92 Å². The van der Waals surface area contributed by atoms with Gasteiger partial charge in [0.1, 0.15) is 0 Å². The zero-order valence-corrected chi connectivity index (χ0v) is 10.5. The summed E-state index contributed by atoms with van der Waals surface area (Å²) < 4.78 is 5.12. The highest BCUT2D eigenvalue weighted by atomic mass is 16.5. The standard InChI is InChI=1S/C14H20N2O/c1-11(10-17-2)8-15-9-12-4-3-5-14-13(12)6-7-16-14/h3-7,11,15-16H,8-10H2,1-2H3. The minimum atomic E-state index is 0.547. The Morgan fingerprint density at radius 2 is 2.24 bits per heavy atom. The molecule has 92 valence electrons. The predicted molar refractivity (Wildman–Crippen MR) is 71.0 cm³/mol. The van der Waals surface area contributed by atoms with Crippen LogP contribution in [0.2, 0.25) is 0 Å². The van der Waals surface area contributed by atoms with Crippen LogP contribution in [0.1, 0.15) is 12.5 Å². The van der Waals surface area contributed by atoms with Crippen LogP contribution in [0, 0.1) is 5.92 Å². The van der Waals surface area contributed by atoms with Gasteiger partial charge in [-0.2, -0.15) is 0 Å². The van der Waals surface area contributed by atoms with Gasteiger partial charge in [0.2, 0.25) is 0 Å². The van der Waals surface area contributed by atoms with E-state index >= 15 is 0 Å². The normalized spacial score (nSPS) is 13.1. The first-order chi connectivity index (χ1) is 8.31. The van der Waals surface area contributed by atoms with E-state index in [4.69, 9.17) is 4.74 Å². The molecule has 0 saturated heterocycles. The average molecular weight is 232 g/mol. The van der Waals surface area contributed by atoms with Crippen molar-refractivity contribution in [2.45, 2.75) is 13.5 Å². The van der Waals surface area contributed by atoms with Crippen LogP contribution in [-0.4, -0.2) is 25.2 Å². The summed E-state index contributed by atoms with van der Waals surface area (Å²) in [6, 6.07) is 8.50. The molecule has 0 saturated carbocycles. The van der Waals surface area contributed by atoms with Crippen molar-refractivity contribution < 1.29 is 4.74 Å². The van der Waals surface area contributed by atoms with Gasteiger partial charge >= 0.3 is 0 Å². The highest BCUT2D eigenvalue weighted by Gasteiger charge is 2.03. The number of rotatable bonds is 6. The predicted octanol–water partition coefficient (Wildman–Crippen LogP) is 2.54. The summed E-state index contributed by atoms with van der Waals surface area (Å²) in [4.78, 5) is 3.23. The molecule has 0 bridgehead atoms. The third kappa shape index (κ3) is 3.08. The fourth-order valence-electron chi connectivity index (χ4n) is 2.10. The van der Waals surface area contributed by atoms with Gasteiger partial charge in [-0.15, -0.1) is 0 Å². The number of H-pyrrole nitrogens is 1. The van der Waals surface area contributed by atoms with Gasteiger partial charge in [0.05, 0.1) is 0 Å². The van der Waals surface area contributed by atoms with E-state index in [-0.39, 0.29) is 0 Å². The maximum absolute atomic E-state index is 5.12. The molecule has 1 aromatic heterocycles. The van der Waals surface area contributed by atoms with Crippen LogP contribution in [0.4, 0.5) is 0 Å². The van der Waals surface area contributed by atoms with Crippen LogP contribution in [0.15, 0.2) is 30.5 Å². The third-order valence-corrected chi connectivity index (χ3v) is 2.94. The van der Waals surface area contributed by atoms with Gasteiger partial charge in [-0.25, -0.2) is 0 Å². The Morgan fingerprint density at radius 1 is 1.35 bits per heavy atom. The molecule has 2 aromatic rings. The fraction of sp³-hybridized carbons (Fsp3) is 0.429. The molecule has 2 rings (SSSR count). The summed E-state index contributed by atoms with van der Waals surface area (Å²) in [6.07, 6.45) is 1.99. The lowest BCUT2D eigenvalue weighted by Crippen LogP contribution is -2.23. The van der Waals surface area contributed by atoms with Crippen molar-refractivity contribution in [3.8, 4) is 0 Å². The number of benzene rings is 1. The lowest BCUT2D eigenvalue weighted by molar-refractivity contribution is 0.158. The zero-order valence-electron chi connectivity index (χ0n) is 10.5. The van der Waals surface area contributed by atoms with E-state index in [0.717, 1.165) is 19.7 Å². The number of aromatic amines is 1. The quantitative estimate of drug-likeness (QED) is 0.803. The Bertz CT molecular complexity index is 464. The smallest absolute Gasteiger partial charge is 0.0499 e. The van der Waals surface area contributed by atoms with E-state index in [1.54, 1.807) is 7.11 Å². The summed E-state index contributed by atoms with van der Waals surface area (Å²) >= 11 is 0. The summed E-state index contributed by atoms with van der Waals surface area (Å²) in [7, 11) is 1.75. The fourth-order valence-corrected chi connectivity index (χ4v) is 2.10. The monoisotopic (exact) mass is 232 g/mol. The summed E-state index contributed by atoms with van der Waals surface area (Å²) in [5.41, 5.74) is 2.54. The van der Waals surface area contributed by atoms with E-state index in [1.165, 1.54) is 16.5 Å². The lowest BCUT2D eigenvalue weighted by Gasteiger charge is -2.11. The molecule has 1 aromatic carbocycles. The molecule has 1 atom stereocenters. The first-order valence-corrected chi connectivity index (χ1v) is 6.06. The molecule has 1 unspecified atom stereocenters. The largest absolute Gasteiger partial charge is 0.384 e. The molecule has 0 aliphatic rings. The molecule has 2 N–H and O–H groups in total. The van der Waals surface area contributed by atoms with Gasteiger partial charge in [0, 0.05) is 43.9 Å². The van der Waals surface area contributed by atoms with Gasteiger partial charge < -0.3 is 15.0 Å². The van der Waals surface area contributed by atoms with Gasteiger partial charge in [0.25, 0.3) is 0 Å². The topological polar surface area (TPSA) is 37.0 Å². The van der Waals surface area contributed by atoms with E-state index in [9.17, 15) is 0 Å². The number of methoxy groups -OCH3 is 1. The number of nitrogens with one attached hydrogen (secondary N) is 2. The molecule has 0 aliphatic heterocycles. The van der Waals surface area contributed by atoms with Crippen molar-refractivity contribution in [3.63, 3.8) is 0 Å².